The van der Waals surface area contributed by atoms with Crippen LogP contribution in [0.25, 0.3) is 0 Å². The second kappa shape index (κ2) is 6.29. The smallest absolute Gasteiger partial charge is 0.241 e. The van der Waals surface area contributed by atoms with Crippen LogP contribution in [0, 0.1) is 0 Å². The Labute approximate surface area is 116 Å². The Balaban J connectivity index is 1.99. The quantitative estimate of drug-likeness (QED) is 0.787. The number of rotatable bonds is 7. The predicted octanol–water partition coefficient (Wildman–Crippen LogP) is 0.642. The molecule has 0 saturated carbocycles. The molecule has 0 unspecified atom stereocenters. The van der Waals surface area contributed by atoms with Gasteiger partial charge in [-0.25, -0.2) is 13.1 Å². The summed E-state index contributed by atoms with van der Waals surface area (Å²) in [6.45, 7) is 1.38. The summed E-state index contributed by atoms with van der Waals surface area (Å²) in [4.78, 5) is 1.17. The van der Waals surface area contributed by atoms with Gasteiger partial charge >= 0.3 is 0 Å². The van der Waals surface area contributed by atoms with Crippen LogP contribution in [0.1, 0.15) is 4.88 Å². The molecule has 104 valence electrons. The van der Waals surface area contributed by atoms with Crippen LogP contribution in [0.3, 0.4) is 0 Å². The number of thiophene rings is 1. The summed E-state index contributed by atoms with van der Waals surface area (Å²) in [5.74, 6) is 0. The largest absolute Gasteiger partial charge is 0.315 e. The van der Waals surface area contributed by atoms with Gasteiger partial charge in [0.2, 0.25) is 10.0 Å². The van der Waals surface area contributed by atoms with Crippen molar-refractivity contribution in [2.45, 2.75) is 18.0 Å². The van der Waals surface area contributed by atoms with Crippen LogP contribution in [0.15, 0.2) is 34.8 Å². The van der Waals surface area contributed by atoms with Crippen molar-refractivity contribution < 1.29 is 8.42 Å². The van der Waals surface area contributed by atoms with E-state index in [0.717, 1.165) is 4.88 Å². The summed E-state index contributed by atoms with van der Waals surface area (Å²) in [6.07, 6.45) is 3.46. The van der Waals surface area contributed by atoms with Gasteiger partial charge in [-0.15, -0.1) is 11.3 Å². The van der Waals surface area contributed by atoms with Gasteiger partial charge in [-0.05, 0) is 24.6 Å². The van der Waals surface area contributed by atoms with Gasteiger partial charge in [-0.2, -0.15) is 5.10 Å². The Kier molecular flexibility index (Phi) is 4.70. The first-order valence-electron chi connectivity index (χ1n) is 5.81. The minimum Gasteiger partial charge on any atom is -0.315 e. The molecule has 0 radical (unpaired) electrons. The van der Waals surface area contributed by atoms with E-state index in [9.17, 15) is 8.42 Å². The van der Waals surface area contributed by atoms with Crippen LogP contribution in [-0.2, 0) is 23.1 Å². The average Bonchev–Trinajstić information content (AvgIpc) is 3.00. The molecule has 0 aliphatic carbocycles. The highest BCUT2D eigenvalue weighted by Crippen LogP contribution is 2.21. The van der Waals surface area contributed by atoms with Crippen molar-refractivity contribution in [3.8, 4) is 0 Å². The van der Waals surface area contributed by atoms with Crippen molar-refractivity contribution in [2.75, 3.05) is 13.6 Å². The third-order valence-corrected chi connectivity index (χ3v) is 5.12. The molecule has 2 aromatic rings. The molecule has 0 bridgehead atoms. The van der Waals surface area contributed by atoms with Crippen LogP contribution in [0.2, 0.25) is 0 Å². The zero-order valence-electron chi connectivity index (χ0n) is 10.5. The normalized spacial score (nSPS) is 11.8. The molecule has 0 saturated heterocycles. The Bertz CT molecular complexity index is 604. The van der Waals surface area contributed by atoms with Crippen molar-refractivity contribution in [2.24, 2.45) is 0 Å². The van der Waals surface area contributed by atoms with Crippen LogP contribution in [0.5, 0.6) is 0 Å². The SMILES string of the molecule is CNCc1sccc1S(=O)(=O)NCCn1cccn1. The van der Waals surface area contributed by atoms with Gasteiger partial charge in [0, 0.05) is 30.4 Å². The number of sulfonamides is 1. The number of nitrogens with zero attached hydrogens (tertiary/aromatic N) is 2. The highest BCUT2D eigenvalue weighted by atomic mass is 32.2. The van der Waals surface area contributed by atoms with Gasteiger partial charge in [0.25, 0.3) is 0 Å². The highest BCUT2D eigenvalue weighted by molar-refractivity contribution is 7.89. The fourth-order valence-electron chi connectivity index (χ4n) is 1.66. The molecule has 2 N–H and O–H groups in total. The monoisotopic (exact) mass is 300 g/mol. The minimum atomic E-state index is -3.44. The van der Waals surface area contributed by atoms with Gasteiger partial charge in [-0.1, -0.05) is 0 Å². The summed E-state index contributed by atoms with van der Waals surface area (Å²) in [5, 5.41) is 8.77. The molecule has 19 heavy (non-hydrogen) atoms. The lowest BCUT2D eigenvalue weighted by atomic mass is 10.5. The second-order valence-electron chi connectivity index (χ2n) is 3.91. The van der Waals surface area contributed by atoms with E-state index in [0.29, 0.717) is 24.5 Å². The van der Waals surface area contributed by atoms with E-state index < -0.39 is 10.0 Å². The van der Waals surface area contributed by atoms with E-state index in [-0.39, 0.29) is 0 Å². The maximum absolute atomic E-state index is 12.2. The molecule has 0 fully saturated rings. The van der Waals surface area contributed by atoms with Gasteiger partial charge < -0.3 is 5.32 Å². The second-order valence-corrected chi connectivity index (χ2v) is 6.64. The van der Waals surface area contributed by atoms with Crippen LogP contribution in [0.4, 0.5) is 0 Å². The third kappa shape index (κ3) is 3.63. The average molecular weight is 300 g/mol. The molecule has 0 aliphatic rings. The predicted molar refractivity (Wildman–Crippen MR) is 74.5 cm³/mol. The molecular weight excluding hydrogens is 284 g/mol. The summed E-state index contributed by atoms with van der Waals surface area (Å²) in [7, 11) is -1.65. The first-order valence-corrected chi connectivity index (χ1v) is 8.18. The van der Waals surface area contributed by atoms with Crippen molar-refractivity contribution in [1.82, 2.24) is 19.8 Å². The molecule has 0 amide bonds. The molecule has 0 spiro atoms. The summed E-state index contributed by atoms with van der Waals surface area (Å²) in [6, 6.07) is 3.44. The van der Waals surface area contributed by atoms with Crippen LogP contribution < -0.4 is 10.0 Å². The van der Waals surface area contributed by atoms with E-state index in [2.05, 4.69) is 15.1 Å². The lowest BCUT2D eigenvalue weighted by Crippen LogP contribution is -2.28. The summed E-state index contributed by atoms with van der Waals surface area (Å²) in [5.41, 5.74) is 0. The minimum absolute atomic E-state index is 0.318. The van der Waals surface area contributed by atoms with E-state index in [1.165, 1.54) is 11.3 Å². The van der Waals surface area contributed by atoms with Crippen LogP contribution >= 0.6 is 11.3 Å². The Morgan fingerprint density at radius 3 is 3.00 bits per heavy atom. The molecule has 2 heterocycles. The standard InChI is InChI=1S/C11H16N4O2S2/c1-12-9-10-11(3-8-18-10)19(16,17)14-5-7-15-6-2-4-13-15/h2-4,6,8,12,14H,5,7,9H2,1H3. The van der Waals surface area contributed by atoms with Gasteiger partial charge in [0.1, 0.15) is 0 Å². The van der Waals surface area contributed by atoms with Gasteiger partial charge in [0.15, 0.2) is 0 Å². The number of aromatic nitrogens is 2. The molecule has 0 aromatic carbocycles. The number of nitrogens with one attached hydrogen (secondary N) is 2. The summed E-state index contributed by atoms with van der Waals surface area (Å²) < 4.78 is 28.6. The molecule has 2 aromatic heterocycles. The highest BCUT2D eigenvalue weighted by Gasteiger charge is 2.18. The van der Waals surface area contributed by atoms with E-state index >= 15 is 0 Å². The van der Waals surface area contributed by atoms with Crippen LogP contribution in [-0.4, -0.2) is 31.8 Å². The lowest BCUT2D eigenvalue weighted by Gasteiger charge is -2.07. The van der Waals surface area contributed by atoms with E-state index in [1.807, 2.05) is 0 Å². The lowest BCUT2D eigenvalue weighted by molar-refractivity contribution is 0.560. The molecule has 0 aliphatic heterocycles. The Morgan fingerprint density at radius 2 is 2.32 bits per heavy atom. The first-order chi connectivity index (χ1) is 9.13. The molecule has 0 atom stereocenters. The fraction of sp³-hybridized carbons (Fsp3) is 0.364. The third-order valence-electron chi connectivity index (χ3n) is 2.52. The molecule has 8 heteroatoms. The first kappa shape index (κ1) is 14.2. The van der Waals surface area contributed by atoms with Crippen molar-refractivity contribution in [1.29, 1.82) is 0 Å². The molecule has 6 nitrogen and oxygen atoms in total. The maximum atomic E-state index is 12.2. The van der Waals surface area contributed by atoms with E-state index in [1.54, 1.807) is 41.6 Å². The van der Waals surface area contributed by atoms with Gasteiger partial charge in [-0.3, -0.25) is 4.68 Å². The Hall–Kier alpha value is -1.22. The topological polar surface area (TPSA) is 76.0 Å². The zero-order valence-corrected chi connectivity index (χ0v) is 12.2. The van der Waals surface area contributed by atoms with Crippen molar-refractivity contribution in [3.63, 3.8) is 0 Å². The maximum Gasteiger partial charge on any atom is 0.241 e. The van der Waals surface area contributed by atoms with Gasteiger partial charge in [0.05, 0.1) is 11.4 Å². The fourth-order valence-corrected chi connectivity index (χ4v) is 4.14. The Morgan fingerprint density at radius 1 is 1.47 bits per heavy atom. The number of hydrogen-bond donors (Lipinski definition) is 2. The summed E-state index contributed by atoms with van der Waals surface area (Å²) >= 11 is 1.43. The number of hydrogen-bond acceptors (Lipinski definition) is 5. The van der Waals surface area contributed by atoms with E-state index in [4.69, 9.17) is 0 Å². The zero-order chi connectivity index (χ0) is 13.7. The molecular formula is C11H16N4O2S2. The van der Waals surface area contributed by atoms with Crippen molar-refractivity contribution >= 4 is 21.4 Å². The van der Waals surface area contributed by atoms with Crippen molar-refractivity contribution in [3.05, 3.63) is 34.8 Å². The molecule has 2 rings (SSSR count).